The molecule has 18 heavy (non-hydrogen) atoms. The lowest BCUT2D eigenvalue weighted by atomic mass is 10.2. The quantitative estimate of drug-likeness (QED) is 0.560. The van der Waals surface area contributed by atoms with E-state index < -0.39 is 0 Å². The van der Waals surface area contributed by atoms with Crippen LogP contribution in [0.25, 0.3) is 0 Å². The van der Waals surface area contributed by atoms with Gasteiger partial charge in [-0.25, -0.2) is 0 Å². The molecule has 4 heteroatoms. The number of benzene rings is 1. The second kappa shape index (κ2) is 9.50. The van der Waals surface area contributed by atoms with E-state index in [1.807, 2.05) is 26.0 Å². The molecule has 0 saturated carbocycles. The number of halogens is 1. The van der Waals surface area contributed by atoms with E-state index in [1.165, 1.54) is 5.56 Å². The highest BCUT2D eigenvalue weighted by Crippen LogP contribution is 2.15. The Morgan fingerprint density at radius 3 is 2.44 bits per heavy atom. The van der Waals surface area contributed by atoms with E-state index in [-0.39, 0.29) is 6.29 Å². The Kier molecular flexibility index (Phi) is 8.25. The minimum absolute atomic E-state index is 0.0910. The van der Waals surface area contributed by atoms with Crippen molar-refractivity contribution < 1.29 is 9.47 Å². The zero-order chi connectivity index (χ0) is 13.2. The van der Waals surface area contributed by atoms with Gasteiger partial charge in [0.15, 0.2) is 6.29 Å². The first-order valence-electron chi connectivity index (χ1n) is 6.45. The molecule has 1 aromatic rings. The van der Waals surface area contributed by atoms with Crippen molar-refractivity contribution >= 4 is 15.9 Å². The van der Waals surface area contributed by atoms with Gasteiger partial charge in [0.1, 0.15) is 0 Å². The Morgan fingerprint density at radius 1 is 1.17 bits per heavy atom. The standard InChI is InChI=1S/C14H22BrNO2/c1-3-17-14(18-4-2)9-10-16-11-12-7-5-6-8-13(12)15/h5-8,14,16H,3-4,9-11H2,1-2H3. The highest BCUT2D eigenvalue weighted by Gasteiger charge is 2.07. The monoisotopic (exact) mass is 315 g/mol. The number of hydrogen-bond acceptors (Lipinski definition) is 3. The van der Waals surface area contributed by atoms with E-state index in [0.717, 1.165) is 24.0 Å². The predicted molar refractivity (Wildman–Crippen MR) is 77.5 cm³/mol. The van der Waals surface area contributed by atoms with Gasteiger partial charge in [-0.2, -0.15) is 0 Å². The fourth-order valence-electron chi connectivity index (χ4n) is 1.67. The van der Waals surface area contributed by atoms with Crippen molar-refractivity contribution in [1.29, 1.82) is 0 Å². The van der Waals surface area contributed by atoms with Crippen molar-refractivity contribution in [3.05, 3.63) is 34.3 Å². The molecular weight excluding hydrogens is 294 g/mol. The van der Waals surface area contributed by atoms with Crippen LogP contribution >= 0.6 is 15.9 Å². The second-order valence-corrected chi connectivity index (χ2v) is 4.75. The molecular formula is C14H22BrNO2. The molecule has 1 N–H and O–H groups in total. The van der Waals surface area contributed by atoms with E-state index in [0.29, 0.717) is 13.2 Å². The van der Waals surface area contributed by atoms with Crippen molar-refractivity contribution in [3.63, 3.8) is 0 Å². The molecule has 0 radical (unpaired) electrons. The summed E-state index contributed by atoms with van der Waals surface area (Å²) in [4.78, 5) is 0. The van der Waals surface area contributed by atoms with Gasteiger partial charge in [0, 0.05) is 37.2 Å². The summed E-state index contributed by atoms with van der Waals surface area (Å²) in [5, 5.41) is 3.40. The van der Waals surface area contributed by atoms with Gasteiger partial charge >= 0.3 is 0 Å². The largest absolute Gasteiger partial charge is 0.353 e. The molecule has 1 rings (SSSR count). The maximum absolute atomic E-state index is 5.49. The third kappa shape index (κ3) is 5.96. The molecule has 1 aromatic carbocycles. The van der Waals surface area contributed by atoms with Gasteiger partial charge in [-0.15, -0.1) is 0 Å². The van der Waals surface area contributed by atoms with Crippen LogP contribution in [0.2, 0.25) is 0 Å². The molecule has 0 amide bonds. The van der Waals surface area contributed by atoms with Crippen molar-refractivity contribution in [2.45, 2.75) is 33.1 Å². The summed E-state index contributed by atoms with van der Waals surface area (Å²) in [7, 11) is 0. The van der Waals surface area contributed by atoms with Gasteiger partial charge in [-0.05, 0) is 25.5 Å². The minimum atomic E-state index is -0.0910. The third-order valence-corrected chi connectivity index (χ3v) is 3.31. The topological polar surface area (TPSA) is 30.5 Å². The van der Waals surface area contributed by atoms with Crippen LogP contribution in [0.5, 0.6) is 0 Å². The van der Waals surface area contributed by atoms with Crippen LogP contribution in [-0.2, 0) is 16.0 Å². The third-order valence-electron chi connectivity index (χ3n) is 2.54. The smallest absolute Gasteiger partial charge is 0.158 e. The maximum Gasteiger partial charge on any atom is 0.158 e. The molecule has 3 nitrogen and oxygen atoms in total. The van der Waals surface area contributed by atoms with Gasteiger partial charge < -0.3 is 14.8 Å². The highest BCUT2D eigenvalue weighted by molar-refractivity contribution is 9.10. The lowest BCUT2D eigenvalue weighted by molar-refractivity contribution is -0.138. The van der Waals surface area contributed by atoms with Crippen LogP contribution in [0.15, 0.2) is 28.7 Å². The van der Waals surface area contributed by atoms with Crippen LogP contribution in [0, 0.1) is 0 Å². The second-order valence-electron chi connectivity index (χ2n) is 3.90. The molecule has 0 aliphatic carbocycles. The van der Waals surface area contributed by atoms with E-state index in [2.05, 4.69) is 33.4 Å². The first-order valence-corrected chi connectivity index (χ1v) is 7.24. The summed E-state index contributed by atoms with van der Waals surface area (Å²) in [5.74, 6) is 0. The van der Waals surface area contributed by atoms with E-state index in [1.54, 1.807) is 0 Å². The molecule has 0 aliphatic rings. The van der Waals surface area contributed by atoms with Crippen LogP contribution in [0.1, 0.15) is 25.8 Å². The molecule has 0 bridgehead atoms. The van der Waals surface area contributed by atoms with Crippen molar-refractivity contribution in [1.82, 2.24) is 5.32 Å². The Labute approximate surface area is 118 Å². The SMILES string of the molecule is CCOC(CCNCc1ccccc1Br)OCC. The molecule has 0 heterocycles. The maximum atomic E-state index is 5.49. The predicted octanol–water partition coefficient (Wildman–Crippen LogP) is 3.33. The molecule has 0 fully saturated rings. The Morgan fingerprint density at radius 2 is 1.83 bits per heavy atom. The molecule has 0 aliphatic heterocycles. The van der Waals surface area contributed by atoms with E-state index in [4.69, 9.17) is 9.47 Å². The lowest BCUT2D eigenvalue weighted by Crippen LogP contribution is -2.24. The lowest BCUT2D eigenvalue weighted by Gasteiger charge is -2.17. The van der Waals surface area contributed by atoms with Crippen molar-refractivity contribution in [2.24, 2.45) is 0 Å². The van der Waals surface area contributed by atoms with Gasteiger partial charge in [0.25, 0.3) is 0 Å². The van der Waals surface area contributed by atoms with Gasteiger partial charge in [-0.1, -0.05) is 34.1 Å². The molecule has 0 aromatic heterocycles. The normalized spacial score (nSPS) is 11.1. The highest BCUT2D eigenvalue weighted by atomic mass is 79.9. The Balaban J connectivity index is 2.23. The van der Waals surface area contributed by atoms with E-state index >= 15 is 0 Å². The van der Waals surface area contributed by atoms with Crippen LogP contribution in [0.3, 0.4) is 0 Å². The first-order chi connectivity index (χ1) is 8.77. The summed E-state index contributed by atoms with van der Waals surface area (Å²) in [6.45, 7) is 7.09. The number of nitrogens with one attached hydrogen (secondary N) is 1. The van der Waals surface area contributed by atoms with Gasteiger partial charge in [-0.3, -0.25) is 0 Å². The van der Waals surface area contributed by atoms with E-state index in [9.17, 15) is 0 Å². The number of rotatable bonds is 9. The zero-order valence-corrected chi connectivity index (χ0v) is 12.7. The average Bonchev–Trinajstić information content (AvgIpc) is 2.37. The van der Waals surface area contributed by atoms with Crippen LogP contribution < -0.4 is 5.32 Å². The molecule has 0 spiro atoms. The summed E-state index contributed by atoms with van der Waals surface area (Å²) in [6.07, 6.45) is 0.776. The number of hydrogen-bond donors (Lipinski definition) is 1. The van der Waals surface area contributed by atoms with Crippen molar-refractivity contribution in [2.75, 3.05) is 19.8 Å². The molecule has 0 unspecified atom stereocenters. The minimum Gasteiger partial charge on any atom is -0.353 e. The molecule has 0 saturated heterocycles. The number of ether oxygens (including phenoxy) is 2. The fraction of sp³-hybridized carbons (Fsp3) is 0.571. The van der Waals surface area contributed by atoms with Crippen molar-refractivity contribution in [3.8, 4) is 0 Å². The first kappa shape index (κ1) is 15.6. The Bertz CT molecular complexity index is 327. The summed E-state index contributed by atoms with van der Waals surface area (Å²) in [5.41, 5.74) is 1.27. The Hall–Kier alpha value is -0.420. The zero-order valence-electron chi connectivity index (χ0n) is 11.1. The fourth-order valence-corrected chi connectivity index (χ4v) is 2.10. The molecule has 102 valence electrons. The van der Waals surface area contributed by atoms with Crippen LogP contribution in [0.4, 0.5) is 0 Å². The van der Waals surface area contributed by atoms with Gasteiger partial charge in [0.2, 0.25) is 0 Å². The molecule has 0 atom stereocenters. The summed E-state index contributed by atoms with van der Waals surface area (Å²) in [6, 6.07) is 8.23. The van der Waals surface area contributed by atoms with Gasteiger partial charge in [0.05, 0.1) is 0 Å². The average molecular weight is 316 g/mol. The van der Waals surface area contributed by atoms with Crippen LogP contribution in [-0.4, -0.2) is 26.0 Å². The summed E-state index contributed by atoms with van der Waals surface area (Å²) < 4.78 is 12.1. The summed E-state index contributed by atoms with van der Waals surface area (Å²) >= 11 is 3.54.